The van der Waals surface area contributed by atoms with E-state index in [0.29, 0.717) is 24.3 Å². The van der Waals surface area contributed by atoms with Crippen LogP contribution in [-0.4, -0.2) is 36.9 Å². The van der Waals surface area contributed by atoms with Crippen molar-refractivity contribution in [1.29, 1.82) is 0 Å². The maximum atomic E-state index is 12.2. The Bertz CT molecular complexity index is 662. The van der Waals surface area contributed by atoms with Gasteiger partial charge in [-0.2, -0.15) is 12.7 Å². The van der Waals surface area contributed by atoms with Crippen LogP contribution in [0.2, 0.25) is 0 Å². The van der Waals surface area contributed by atoms with E-state index in [1.54, 1.807) is 25.1 Å². The molecule has 0 aliphatic carbocycles. The van der Waals surface area contributed by atoms with E-state index in [1.807, 2.05) is 0 Å². The number of anilines is 1. The number of benzene rings is 1. The molecular formula is C14H18N2O4S. The lowest BCUT2D eigenvalue weighted by Gasteiger charge is -2.18. The summed E-state index contributed by atoms with van der Waals surface area (Å²) in [5.41, 5.74) is 1.96. The molecular weight excluding hydrogens is 292 g/mol. The van der Waals surface area contributed by atoms with Crippen molar-refractivity contribution in [1.82, 2.24) is 4.31 Å². The van der Waals surface area contributed by atoms with Crippen LogP contribution in [-0.2, 0) is 15.0 Å². The molecule has 0 saturated carbocycles. The maximum absolute atomic E-state index is 12.2. The highest BCUT2D eigenvalue weighted by atomic mass is 32.2. The number of nitrogens with zero attached hydrogens (tertiary/aromatic N) is 1. The van der Waals surface area contributed by atoms with Gasteiger partial charge in [0, 0.05) is 19.2 Å². The Morgan fingerprint density at radius 2 is 2.00 bits per heavy atom. The summed E-state index contributed by atoms with van der Waals surface area (Å²) in [6, 6.07) is 5.06. The molecule has 7 heteroatoms. The van der Waals surface area contributed by atoms with E-state index in [1.165, 1.54) is 10.4 Å². The summed E-state index contributed by atoms with van der Waals surface area (Å²) >= 11 is 0. The van der Waals surface area contributed by atoms with Crippen molar-refractivity contribution in [3.05, 3.63) is 35.4 Å². The van der Waals surface area contributed by atoms with Gasteiger partial charge in [-0.05, 0) is 49.1 Å². The van der Waals surface area contributed by atoms with E-state index in [2.05, 4.69) is 4.72 Å². The first-order valence-corrected chi connectivity index (χ1v) is 8.12. The van der Waals surface area contributed by atoms with E-state index < -0.39 is 16.2 Å². The Balaban J connectivity index is 2.16. The smallest absolute Gasteiger partial charge is 0.328 e. The van der Waals surface area contributed by atoms with Crippen LogP contribution in [0.15, 0.2) is 24.3 Å². The Morgan fingerprint density at radius 3 is 2.57 bits per heavy atom. The molecule has 2 N–H and O–H groups in total. The Labute approximate surface area is 124 Å². The lowest BCUT2D eigenvalue weighted by atomic mass is 10.1. The van der Waals surface area contributed by atoms with E-state index >= 15 is 0 Å². The molecule has 0 radical (unpaired) electrons. The summed E-state index contributed by atoms with van der Waals surface area (Å²) in [4.78, 5) is 10.5. The number of aryl methyl sites for hydroxylation is 1. The van der Waals surface area contributed by atoms with Crippen molar-refractivity contribution in [2.75, 3.05) is 17.8 Å². The van der Waals surface area contributed by atoms with Gasteiger partial charge in [0.05, 0.1) is 5.69 Å². The quantitative estimate of drug-likeness (QED) is 0.813. The van der Waals surface area contributed by atoms with Gasteiger partial charge >= 0.3 is 16.2 Å². The third kappa shape index (κ3) is 4.05. The summed E-state index contributed by atoms with van der Waals surface area (Å²) < 4.78 is 28.4. The standard InChI is InChI=1S/C14H18N2O4S/c1-11-10-12(5-7-14(17)18)4-6-13(11)15-21(19,20)16-8-2-3-9-16/h4-7,10,15H,2-3,8-9H2,1H3,(H,17,18). The summed E-state index contributed by atoms with van der Waals surface area (Å²) in [5, 5.41) is 8.59. The molecule has 1 saturated heterocycles. The minimum Gasteiger partial charge on any atom is -0.478 e. The largest absolute Gasteiger partial charge is 0.478 e. The molecule has 1 aromatic carbocycles. The molecule has 0 atom stereocenters. The Hall–Kier alpha value is -1.86. The zero-order chi connectivity index (χ0) is 15.5. The second-order valence-electron chi connectivity index (χ2n) is 4.96. The van der Waals surface area contributed by atoms with E-state index in [9.17, 15) is 13.2 Å². The van der Waals surface area contributed by atoms with Crippen LogP contribution in [0, 0.1) is 6.92 Å². The lowest BCUT2D eigenvalue weighted by molar-refractivity contribution is -0.131. The number of carbonyl (C=O) groups is 1. The first-order valence-electron chi connectivity index (χ1n) is 6.68. The van der Waals surface area contributed by atoms with Crippen LogP contribution in [0.4, 0.5) is 5.69 Å². The van der Waals surface area contributed by atoms with Crippen molar-refractivity contribution in [3.8, 4) is 0 Å². The number of aliphatic carboxylic acids is 1. The molecule has 21 heavy (non-hydrogen) atoms. The van der Waals surface area contributed by atoms with Crippen LogP contribution >= 0.6 is 0 Å². The van der Waals surface area contributed by atoms with Gasteiger partial charge in [0.1, 0.15) is 0 Å². The van der Waals surface area contributed by atoms with Crippen LogP contribution in [0.5, 0.6) is 0 Å². The van der Waals surface area contributed by atoms with E-state index in [-0.39, 0.29) is 0 Å². The average molecular weight is 310 g/mol. The fourth-order valence-corrected chi connectivity index (χ4v) is 3.58. The first-order chi connectivity index (χ1) is 9.88. The monoisotopic (exact) mass is 310 g/mol. The Morgan fingerprint density at radius 1 is 1.33 bits per heavy atom. The molecule has 0 bridgehead atoms. The molecule has 0 amide bonds. The number of rotatable bonds is 5. The fraction of sp³-hybridized carbons (Fsp3) is 0.357. The number of hydrogen-bond donors (Lipinski definition) is 2. The third-order valence-electron chi connectivity index (χ3n) is 3.31. The molecule has 6 nitrogen and oxygen atoms in total. The van der Waals surface area contributed by atoms with Gasteiger partial charge in [0.25, 0.3) is 0 Å². The summed E-state index contributed by atoms with van der Waals surface area (Å²) in [6.45, 7) is 2.88. The predicted molar refractivity (Wildman–Crippen MR) is 81.2 cm³/mol. The van der Waals surface area contributed by atoms with E-state index in [0.717, 1.165) is 24.5 Å². The van der Waals surface area contributed by atoms with Gasteiger partial charge in [0.2, 0.25) is 0 Å². The molecule has 0 spiro atoms. The number of hydrogen-bond acceptors (Lipinski definition) is 3. The normalized spacial score (nSPS) is 16.4. The van der Waals surface area contributed by atoms with Crippen molar-refractivity contribution in [2.24, 2.45) is 0 Å². The molecule has 1 aromatic rings. The number of nitrogens with one attached hydrogen (secondary N) is 1. The molecule has 0 aromatic heterocycles. The zero-order valence-electron chi connectivity index (χ0n) is 11.7. The SMILES string of the molecule is Cc1cc(C=CC(=O)O)ccc1NS(=O)(=O)N1CCCC1. The number of carboxylic acid groups (broad SMARTS) is 1. The molecule has 1 aliphatic rings. The molecule has 114 valence electrons. The fourth-order valence-electron chi connectivity index (χ4n) is 2.20. The number of carboxylic acids is 1. The van der Waals surface area contributed by atoms with Gasteiger partial charge in [-0.3, -0.25) is 4.72 Å². The van der Waals surface area contributed by atoms with Gasteiger partial charge < -0.3 is 5.11 Å². The molecule has 0 unspecified atom stereocenters. The predicted octanol–water partition coefficient (Wildman–Crippen LogP) is 1.85. The second-order valence-corrected chi connectivity index (χ2v) is 6.63. The summed E-state index contributed by atoms with van der Waals surface area (Å²) in [7, 11) is -3.50. The molecule has 1 heterocycles. The highest BCUT2D eigenvalue weighted by Crippen LogP contribution is 2.21. The lowest BCUT2D eigenvalue weighted by Crippen LogP contribution is -2.33. The van der Waals surface area contributed by atoms with Gasteiger partial charge in [-0.15, -0.1) is 0 Å². The van der Waals surface area contributed by atoms with Crippen molar-refractivity contribution >= 4 is 27.9 Å². The van der Waals surface area contributed by atoms with Gasteiger partial charge in [-0.25, -0.2) is 4.79 Å². The van der Waals surface area contributed by atoms with Crippen molar-refractivity contribution in [3.63, 3.8) is 0 Å². The highest BCUT2D eigenvalue weighted by molar-refractivity contribution is 7.90. The third-order valence-corrected chi connectivity index (χ3v) is 4.84. The first kappa shape index (κ1) is 15.5. The second kappa shape index (κ2) is 6.28. The summed E-state index contributed by atoms with van der Waals surface area (Å²) in [6.07, 6.45) is 4.29. The highest BCUT2D eigenvalue weighted by Gasteiger charge is 2.25. The van der Waals surface area contributed by atoms with Gasteiger partial charge in [-0.1, -0.05) is 6.07 Å². The Kier molecular flexibility index (Phi) is 4.64. The van der Waals surface area contributed by atoms with Crippen LogP contribution in [0.1, 0.15) is 24.0 Å². The minimum atomic E-state index is -3.50. The molecule has 2 rings (SSSR count). The van der Waals surface area contributed by atoms with Crippen LogP contribution in [0.3, 0.4) is 0 Å². The minimum absolute atomic E-state index is 0.509. The average Bonchev–Trinajstić information content (AvgIpc) is 2.94. The zero-order valence-corrected chi connectivity index (χ0v) is 12.6. The summed E-state index contributed by atoms with van der Waals surface area (Å²) in [5.74, 6) is -1.02. The molecule has 1 fully saturated rings. The van der Waals surface area contributed by atoms with Crippen molar-refractivity contribution in [2.45, 2.75) is 19.8 Å². The van der Waals surface area contributed by atoms with Gasteiger partial charge in [0.15, 0.2) is 0 Å². The molecule has 1 aliphatic heterocycles. The van der Waals surface area contributed by atoms with Crippen molar-refractivity contribution < 1.29 is 18.3 Å². The topological polar surface area (TPSA) is 86.7 Å². The maximum Gasteiger partial charge on any atom is 0.328 e. The van der Waals surface area contributed by atoms with Crippen LogP contribution in [0.25, 0.3) is 6.08 Å². The van der Waals surface area contributed by atoms with Crippen LogP contribution < -0.4 is 4.72 Å². The van der Waals surface area contributed by atoms with E-state index in [4.69, 9.17) is 5.11 Å².